The van der Waals surface area contributed by atoms with Crippen LogP contribution in [0.2, 0.25) is 0 Å². The molecular weight excluding hydrogens is 278 g/mol. The number of hydrogen-bond donors (Lipinski definition) is 6. The van der Waals surface area contributed by atoms with Crippen LogP contribution in [0.1, 0.15) is 6.42 Å². The number of carboxylic acids is 2. The minimum atomic E-state index is -1.58. The highest BCUT2D eigenvalue weighted by atomic mass is 32.1. The monoisotopic (exact) mass is 293 g/mol. The van der Waals surface area contributed by atoms with E-state index in [0.29, 0.717) is 0 Å². The highest BCUT2D eigenvalue weighted by molar-refractivity contribution is 7.80. The largest absolute Gasteiger partial charge is 0.481 e. The molecule has 0 aliphatic carbocycles. The number of nitrogens with two attached hydrogens (primary N) is 1. The van der Waals surface area contributed by atoms with Crippen LogP contribution >= 0.6 is 12.6 Å². The molecule has 0 aromatic rings. The Kier molecular flexibility index (Phi) is 7.53. The summed E-state index contributed by atoms with van der Waals surface area (Å²) in [4.78, 5) is 43.9. The number of rotatable bonds is 8. The molecule has 19 heavy (non-hydrogen) atoms. The standard InChI is InChI=1S/C9H15N3O6S/c10-2-6(13)11-5(3-19)8(16)12-4(9(17)18)1-7(14)15/h4-5,19H,1-3,10H2,(H,11,13)(H,12,16)(H,14,15)(H,17,18). The van der Waals surface area contributed by atoms with Crippen molar-refractivity contribution >= 4 is 36.4 Å². The summed E-state index contributed by atoms with van der Waals surface area (Å²) in [5.74, 6) is -4.40. The predicted molar refractivity (Wildman–Crippen MR) is 66.7 cm³/mol. The first kappa shape index (κ1) is 17.2. The molecule has 0 saturated heterocycles. The number of aliphatic carboxylic acids is 2. The van der Waals surface area contributed by atoms with Gasteiger partial charge < -0.3 is 26.6 Å². The van der Waals surface area contributed by atoms with Crippen molar-refractivity contribution in [3.8, 4) is 0 Å². The average Bonchev–Trinajstić information content (AvgIpc) is 2.33. The molecule has 0 aliphatic heterocycles. The fourth-order valence-corrected chi connectivity index (χ4v) is 1.35. The maximum atomic E-state index is 11.7. The molecule has 0 bridgehead atoms. The van der Waals surface area contributed by atoms with E-state index < -0.39 is 42.3 Å². The fourth-order valence-electron chi connectivity index (χ4n) is 1.09. The molecule has 0 aliphatic rings. The van der Waals surface area contributed by atoms with Crippen molar-refractivity contribution in [2.45, 2.75) is 18.5 Å². The van der Waals surface area contributed by atoms with E-state index in [1.54, 1.807) is 0 Å². The third-order valence-corrected chi connectivity index (χ3v) is 2.38. The molecule has 0 radical (unpaired) electrons. The number of carbonyl (C=O) groups excluding carboxylic acids is 2. The summed E-state index contributed by atoms with van der Waals surface area (Å²) >= 11 is 3.83. The van der Waals surface area contributed by atoms with Gasteiger partial charge in [0.1, 0.15) is 12.1 Å². The first-order valence-corrected chi connectivity index (χ1v) is 5.80. The Balaban J connectivity index is 4.63. The molecule has 0 saturated carbocycles. The van der Waals surface area contributed by atoms with Gasteiger partial charge >= 0.3 is 11.9 Å². The Hall–Kier alpha value is -1.81. The Bertz CT molecular complexity index is 375. The van der Waals surface area contributed by atoms with E-state index in [-0.39, 0.29) is 12.3 Å². The normalized spacial score (nSPS) is 13.2. The summed E-state index contributed by atoms with van der Waals surface area (Å²) in [6, 6.07) is -2.67. The first-order chi connectivity index (χ1) is 8.81. The second-order valence-corrected chi connectivity index (χ2v) is 3.87. The second kappa shape index (κ2) is 8.32. The molecule has 0 spiro atoms. The number of nitrogens with one attached hydrogen (secondary N) is 2. The van der Waals surface area contributed by atoms with E-state index in [1.165, 1.54) is 0 Å². The van der Waals surface area contributed by atoms with E-state index in [0.717, 1.165) is 0 Å². The van der Waals surface area contributed by atoms with Crippen LogP contribution in [0, 0.1) is 0 Å². The summed E-state index contributed by atoms with van der Waals surface area (Å²) in [5.41, 5.74) is 5.05. The van der Waals surface area contributed by atoms with Crippen molar-refractivity contribution in [3.05, 3.63) is 0 Å². The maximum Gasteiger partial charge on any atom is 0.326 e. The quantitative estimate of drug-likeness (QED) is 0.268. The molecule has 6 N–H and O–H groups in total. The molecule has 0 aromatic carbocycles. The van der Waals surface area contributed by atoms with Crippen molar-refractivity contribution < 1.29 is 29.4 Å². The molecular formula is C9H15N3O6S. The zero-order valence-corrected chi connectivity index (χ0v) is 10.7. The van der Waals surface area contributed by atoms with E-state index >= 15 is 0 Å². The number of thiol groups is 1. The number of amides is 2. The summed E-state index contributed by atoms with van der Waals surface area (Å²) in [6.07, 6.45) is -0.773. The lowest BCUT2D eigenvalue weighted by Crippen LogP contribution is -2.53. The Labute approximate surface area is 113 Å². The van der Waals surface area contributed by atoms with E-state index in [2.05, 4.69) is 17.9 Å². The highest BCUT2D eigenvalue weighted by Crippen LogP contribution is 1.96. The fraction of sp³-hybridized carbons (Fsp3) is 0.556. The molecule has 10 heteroatoms. The van der Waals surface area contributed by atoms with Crippen molar-refractivity contribution in [2.24, 2.45) is 5.73 Å². The Morgan fingerprint density at radius 2 is 1.68 bits per heavy atom. The van der Waals surface area contributed by atoms with Crippen LogP contribution in [0.25, 0.3) is 0 Å². The lowest BCUT2D eigenvalue weighted by molar-refractivity contribution is -0.147. The van der Waals surface area contributed by atoms with Crippen LogP contribution in [0.5, 0.6) is 0 Å². The van der Waals surface area contributed by atoms with Gasteiger partial charge in [0.25, 0.3) is 0 Å². The number of carboxylic acid groups (broad SMARTS) is 2. The van der Waals surface area contributed by atoms with Crippen LogP contribution in [0.3, 0.4) is 0 Å². The SMILES string of the molecule is NCC(=O)NC(CS)C(=O)NC(CC(=O)O)C(=O)O. The second-order valence-electron chi connectivity index (χ2n) is 3.50. The third-order valence-electron chi connectivity index (χ3n) is 2.01. The van der Waals surface area contributed by atoms with E-state index in [9.17, 15) is 19.2 Å². The van der Waals surface area contributed by atoms with Gasteiger partial charge in [-0.1, -0.05) is 0 Å². The number of hydrogen-bond acceptors (Lipinski definition) is 6. The molecule has 2 unspecified atom stereocenters. The van der Waals surface area contributed by atoms with Crippen LogP contribution in [0.4, 0.5) is 0 Å². The molecule has 108 valence electrons. The summed E-state index contributed by atoms with van der Waals surface area (Å²) in [5, 5.41) is 21.5. The van der Waals surface area contributed by atoms with E-state index in [4.69, 9.17) is 15.9 Å². The van der Waals surface area contributed by atoms with E-state index in [1.807, 2.05) is 5.32 Å². The van der Waals surface area contributed by atoms with Gasteiger partial charge in [-0.25, -0.2) is 4.79 Å². The molecule has 0 heterocycles. The molecule has 9 nitrogen and oxygen atoms in total. The Morgan fingerprint density at radius 3 is 2.05 bits per heavy atom. The first-order valence-electron chi connectivity index (χ1n) is 5.17. The van der Waals surface area contributed by atoms with Crippen LogP contribution in [-0.2, 0) is 19.2 Å². The van der Waals surface area contributed by atoms with Gasteiger partial charge in [-0.3, -0.25) is 14.4 Å². The summed E-state index contributed by atoms with van der Waals surface area (Å²) < 4.78 is 0. The zero-order chi connectivity index (χ0) is 15.0. The van der Waals surface area contributed by atoms with Crippen molar-refractivity contribution in [3.63, 3.8) is 0 Å². The molecule has 2 atom stereocenters. The molecule has 0 aromatic heterocycles. The van der Waals surface area contributed by atoms with Gasteiger partial charge in [0.2, 0.25) is 11.8 Å². The molecule has 0 fully saturated rings. The third kappa shape index (κ3) is 6.62. The topological polar surface area (TPSA) is 159 Å². The van der Waals surface area contributed by atoms with Crippen molar-refractivity contribution in [1.82, 2.24) is 10.6 Å². The van der Waals surface area contributed by atoms with Gasteiger partial charge in [0.15, 0.2) is 0 Å². The van der Waals surface area contributed by atoms with Crippen molar-refractivity contribution in [2.75, 3.05) is 12.3 Å². The van der Waals surface area contributed by atoms with Gasteiger partial charge in [-0.15, -0.1) is 0 Å². The predicted octanol–water partition coefficient (Wildman–Crippen LogP) is -2.60. The smallest absolute Gasteiger partial charge is 0.326 e. The van der Waals surface area contributed by atoms with Crippen LogP contribution in [0.15, 0.2) is 0 Å². The summed E-state index contributed by atoms with van der Waals surface area (Å²) in [6.45, 7) is -0.338. The van der Waals surface area contributed by atoms with Gasteiger partial charge in [-0.05, 0) is 0 Å². The molecule has 0 rings (SSSR count). The summed E-state index contributed by atoms with van der Waals surface area (Å²) in [7, 11) is 0. The minimum Gasteiger partial charge on any atom is -0.481 e. The Morgan fingerprint density at radius 1 is 1.11 bits per heavy atom. The van der Waals surface area contributed by atoms with Crippen LogP contribution in [-0.4, -0.2) is 58.3 Å². The zero-order valence-electron chi connectivity index (χ0n) is 9.83. The minimum absolute atomic E-state index is 0.0863. The average molecular weight is 293 g/mol. The number of carbonyl (C=O) groups is 4. The highest BCUT2D eigenvalue weighted by Gasteiger charge is 2.27. The van der Waals surface area contributed by atoms with Crippen molar-refractivity contribution in [1.29, 1.82) is 0 Å². The maximum absolute atomic E-state index is 11.7. The van der Waals surface area contributed by atoms with Gasteiger partial charge in [0, 0.05) is 5.75 Å². The van der Waals surface area contributed by atoms with Gasteiger partial charge in [-0.2, -0.15) is 12.6 Å². The lowest BCUT2D eigenvalue weighted by atomic mass is 10.2. The van der Waals surface area contributed by atoms with Crippen LogP contribution < -0.4 is 16.4 Å². The molecule has 2 amide bonds. The lowest BCUT2D eigenvalue weighted by Gasteiger charge is -2.19. The van der Waals surface area contributed by atoms with Gasteiger partial charge in [0.05, 0.1) is 13.0 Å².